The summed E-state index contributed by atoms with van der Waals surface area (Å²) in [5, 5.41) is 0. The summed E-state index contributed by atoms with van der Waals surface area (Å²) in [7, 11) is 0. The zero-order chi connectivity index (χ0) is 19.1. The summed E-state index contributed by atoms with van der Waals surface area (Å²) >= 11 is 0. The lowest BCUT2D eigenvalue weighted by Crippen LogP contribution is -2.37. The van der Waals surface area contributed by atoms with E-state index < -0.39 is 0 Å². The Morgan fingerprint density at radius 2 is 1.81 bits per heavy atom. The Bertz CT molecular complexity index is 754. The van der Waals surface area contributed by atoms with Crippen LogP contribution in [0.5, 0.6) is 5.88 Å². The SMILES string of the molecule is NC(=O)CC1CCN(CCOc2ccc(C(=O)c3ccccc3)cn2)CC1. The minimum atomic E-state index is -0.211. The third-order valence-electron chi connectivity index (χ3n) is 4.89. The van der Waals surface area contributed by atoms with Crippen molar-refractivity contribution in [2.45, 2.75) is 19.3 Å². The minimum absolute atomic E-state index is 0.0477. The normalized spacial score (nSPS) is 15.4. The Balaban J connectivity index is 1.42. The third-order valence-corrected chi connectivity index (χ3v) is 4.89. The van der Waals surface area contributed by atoms with Crippen LogP contribution in [0.2, 0.25) is 0 Å². The second kappa shape index (κ2) is 9.28. The lowest BCUT2D eigenvalue weighted by atomic mass is 9.93. The molecule has 1 fully saturated rings. The molecule has 1 amide bonds. The first-order valence-electron chi connectivity index (χ1n) is 9.31. The molecular weight excluding hydrogens is 342 g/mol. The second-order valence-corrected chi connectivity index (χ2v) is 6.88. The summed E-state index contributed by atoms with van der Waals surface area (Å²) in [5.41, 5.74) is 6.46. The van der Waals surface area contributed by atoms with Crippen LogP contribution in [0.3, 0.4) is 0 Å². The van der Waals surface area contributed by atoms with E-state index in [1.807, 2.05) is 18.2 Å². The number of carbonyl (C=O) groups is 2. The summed E-state index contributed by atoms with van der Waals surface area (Å²) in [6.45, 7) is 3.27. The molecule has 27 heavy (non-hydrogen) atoms. The molecule has 2 heterocycles. The molecule has 6 heteroatoms. The maximum absolute atomic E-state index is 12.4. The predicted molar refractivity (Wildman–Crippen MR) is 103 cm³/mol. The number of hydrogen-bond acceptors (Lipinski definition) is 5. The third kappa shape index (κ3) is 5.62. The van der Waals surface area contributed by atoms with Gasteiger partial charge >= 0.3 is 0 Å². The monoisotopic (exact) mass is 367 g/mol. The first kappa shape index (κ1) is 19.0. The van der Waals surface area contributed by atoms with Gasteiger partial charge in [0, 0.05) is 36.4 Å². The Kier molecular flexibility index (Phi) is 6.54. The topological polar surface area (TPSA) is 85.5 Å². The number of nitrogens with two attached hydrogens (primary N) is 1. The summed E-state index contributed by atoms with van der Waals surface area (Å²) < 4.78 is 5.70. The summed E-state index contributed by atoms with van der Waals surface area (Å²) in [5.74, 6) is 0.671. The number of hydrogen-bond donors (Lipinski definition) is 1. The van der Waals surface area contributed by atoms with E-state index in [0.717, 1.165) is 32.5 Å². The maximum atomic E-state index is 12.4. The van der Waals surface area contributed by atoms with E-state index in [9.17, 15) is 9.59 Å². The number of pyridine rings is 1. The van der Waals surface area contributed by atoms with Gasteiger partial charge in [-0.15, -0.1) is 0 Å². The van der Waals surface area contributed by atoms with Crippen molar-refractivity contribution >= 4 is 11.7 Å². The molecule has 0 saturated carbocycles. The Labute approximate surface area is 159 Å². The average molecular weight is 367 g/mol. The molecule has 1 aromatic heterocycles. The van der Waals surface area contributed by atoms with Crippen LogP contribution in [0.4, 0.5) is 0 Å². The van der Waals surface area contributed by atoms with Gasteiger partial charge in [0.15, 0.2) is 5.78 Å². The Morgan fingerprint density at radius 1 is 1.07 bits per heavy atom. The molecule has 1 aliphatic rings. The smallest absolute Gasteiger partial charge is 0.217 e. The van der Waals surface area contributed by atoms with Gasteiger partial charge in [0.05, 0.1) is 0 Å². The molecule has 6 nitrogen and oxygen atoms in total. The molecule has 0 aliphatic carbocycles. The molecule has 2 aromatic rings. The summed E-state index contributed by atoms with van der Waals surface area (Å²) in [6.07, 6.45) is 4.04. The molecule has 1 saturated heterocycles. The van der Waals surface area contributed by atoms with Crippen LogP contribution in [-0.4, -0.2) is 47.8 Å². The molecule has 0 bridgehead atoms. The van der Waals surface area contributed by atoms with Crippen LogP contribution in [0.1, 0.15) is 35.2 Å². The number of ketones is 1. The highest BCUT2D eigenvalue weighted by Crippen LogP contribution is 2.20. The lowest BCUT2D eigenvalue weighted by Gasteiger charge is -2.31. The highest BCUT2D eigenvalue weighted by molar-refractivity contribution is 6.08. The fourth-order valence-electron chi connectivity index (χ4n) is 3.33. The number of likely N-dealkylation sites (tertiary alicyclic amines) is 1. The van der Waals surface area contributed by atoms with Crippen LogP contribution in [0, 0.1) is 5.92 Å². The molecule has 1 aliphatic heterocycles. The maximum Gasteiger partial charge on any atom is 0.217 e. The van der Waals surface area contributed by atoms with Crippen LogP contribution in [-0.2, 0) is 4.79 Å². The van der Waals surface area contributed by atoms with Crippen molar-refractivity contribution < 1.29 is 14.3 Å². The number of amides is 1. The van der Waals surface area contributed by atoms with E-state index in [1.165, 1.54) is 0 Å². The highest BCUT2D eigenvalue weighted by Gasteiger charge is 2.20. The number of nitrogens with zero attached hydrogens (tertiary/aromatic N) is 2. The van der Waals surface area contributed by atoms with Gasteiger partial charge < -0.3 is 10.5 Å². The largest absolute Gasteiger partial charge is 0.476 e. The van der Waals surface area contributed by atoms with E-state index >= 15 is 0 Å². The molecule has 2 N–H and O–H groups in total. The summed E-state index contributed by atoms with van der Waals surface area (Å²) in [6, 6.07) is 12.6. The van der Waals surface area contributed by atoms with E-state index in [2.05, 4.69) is 9.88 Å². The first-order chi connectivity index (χ1) is 13.1. The second-order valence-electron chi connectivity index (χ2n) is 6.88. The first-order valence-corrected chi connectivity index (χ1v) is 9.31. The van der Waals surface area contributed by atoms with Crippen molar-refractivity contribution in [3.8, 4) is 5.88 Å². The van der Waals surface area contributed by atoms with Crippen molar-refractivity contribution in [1.82, 2.24) is 9.88 Å². The molecule has 0 radical (unpaired) electrons. The molecular formula is C21H25N3O3. The zero-order valence-electron chi connectivity index (χ0n) is 15.3. The van der Waals surface area contributed by atoms with Gasteiger partial charge in [0.1, 0.15) is 6.61 Å². The number of piperidine rings is 1. The standard InChI is InChI=1S/C21H25N3O3/c22-19(25)14-16-8-10-24(11-9-16)12-13-27-20-7-6-18(15-23-20)21(26)17-4-2-1-3-5-17/h1-7,15-16H,8-14H2,(H2,22,25). The molecule has 1 aromatic carbocycles. The van der Waals surface area contributed by atoms with Gasteiger partial charge in [0.2, 0.25) is 11.8 Å². The highest BCUT2D eigenvalue weighted by atomic mass is 16.5. The van der Waals surface area contributed by atoms with Crippen LogP contribution >= 0.6 is 0 Å². The average Bonchev–Trinajstić information content (AvgIpc) is 2.69. The van der Waals surface area contributed by atoms with Gasteiger partial charge in [-0.3, -0.25) is 14.5 Å². The number of ether oxygens (including phenoxy) is 1. The van der Waals surface area contributed by atoms with Gasteiger partial charge in [-0.25, -0.2) is 4.98 Å². The number of rotatable bonds is 8. The number of aromatic nitrogens is 1. The molecule has 0 unspecified atom stereocenters. The quantitative estimate of drug-likeness (QED) is 0.724. The van der Waals surface area contributed by atoms with Crippen LogP contribution in [0.15, 0.2) is 48.7 Å². The molecule has 3 rings (SSSR count). The van der Waals surface area contributed by atoms with Gasteiger partial charge in [0.25, 0.3) is 0 Å². The minimum Gasteiger partial charge on any atom is -0.476 e. The van der Waals surface area contributed by atoms with Gasteiger partial charge in [-0.2, -0.15) is 0 Å². The Morgan fingerprint density at radius 3 is 2.44 bits per heavy atom. The molecule has 0 spiro atoms. The lowest BCUT2D eigenvalue weighted by molar-refractivity contribution is -0.119. The van der Waals surface area contributed by atoms with Crippen molar-refractivity contribution in [2.75, 3.05) is 26.2 Å². The predicted octanol–water partition coefficient (Wildman–Crippen LogP) is 2.28. The fourth-order valence-corrected chi connectivity index (χ4v) is 3.33. The van der Waals surface area contributed by atoms with Crippen molar-refractivity contribution in [1.29, 1.82) is 0 Å². The fraction of sp³-hybridized carbons (Fsp3) is 0.381. The van der Waals surface area contributed by atoms with Gasteiger partial charge in [-0.1, -0.05) is 30.3 Å². The number of primary amides is 1. The van der Waals surface area contributed by atoms with Crippen molar-refractivity contribution in [2.24, 2.45) is 11.7 Å². The zero-order valence-corrected chi connectivity index (χ0v) is 15.3. The Hall–Kier alpha value is -2.73. The van der Waals surface area contributed by atoms with Crippen LogP contribution < -0.4 is 10.5 Å². The van der Waals surface area contributed by atoms with E-state index in [1.54, 1.807) is 30.5 Å². The van der Waals surface area contributed by atoms with Crippen LogP contribution in [0.25, 0.3) is 0 Å². The summed E-state index contributed by atoms with van der Waals surface area (Å²) in [4.78, 5) is 29.9. The van der Waals surface area contributed by atoms with Crippen molar-refractivity contribution in [3.05, 3.63) is 59.8 Å². The van der Waals surface area contributed by atoms with E-state index in [0.29, 0.717) is 36.0 Å². The molecule has 0 atom stereocenters. The number of benzene rings is 1. The van der Waals surface area contributed by atoms with E-state index in [4.69, 9.17) is 10.5 Å². The van der Waals surface area contributed by atoms with Gasteiger partial charge in [-0.05, 0) is 37.9 Å². The number of carbonyl (C=O) groups excluding carboxylic acids is 2. The van der Waals surface area contributed by atoms with Crippen molar-refractivity contribution in [3.63, 3.8) is 0 Å². The molecule has 142 valence electrons. The van der Waals surface area contributed by atoms with E-state index in [-0.39, 0.29) is 11.7 Å².